The smallest absolute Gasteiger partial charge is 0.237 e. The monoisotopic (exact) mass is 229 g/mol. The van der Waals surface area contributed by atoms with Crippen molar-refractivity contribution in [2.45, 2.75) is 12.8 Å². The lowest BCUT2D eigenvalue weighted by atomic mass is 10.1. The molecule has 0 radical (unpaired) electrons. The molecule has 1 aromatic rings. The van der Waals surface area contributed by atoms with Gasteiger partial charge in [0.15, 0.2) is 0 Å². The molecule has 3 heteroatoms. The average Bonchev–Trinajstić information content (AvgIpc) is 2.89. The van der Waals surface area contributed by atoms with Crippen LogP contribution in [-0.4, -0.2) is 30.9 Å². The number of hydrogen-bond acceptors (Lipinski definition) is 3. The van der Waals surface area contributed by atoms with E-state index < -0.39 is 0 Å². The molecule has 0 atom stereocenters. The second-order valence-electron chi connectivity index (χ2n) is 3.99. The van der Waals surface area contributed by atoms with E-state index in [1.54, 1.807) is 25.3 Å². The lowest BCUT2D eigenvalue weighted by molar-refractivity contribution is 0.105. The number of ether oxygens (including phenoxy) is 1. The van der Waals surface area contributed by atoms with Crippen LogP contribution in [0.3, 0.4) is 0 Å². The summed E-state index contributed by atoms with van der Waals surface area (Å²) in [5, 5.41) is 0. The molecule has 1 saturated heterocycles. The highest BCUT2D eigenvalue weighted by Gasteiger charge is 2.08. The van der Waals surface area contributed by atoms with Gasteiger partial charge in [-0.15, -0.1) is 0 Å². The zero-order valence-electron chi connectivity index (χ0n) is 9.90. The van der Waals surface area contributed by atoms with Crippen LogP contribution in [0.15, 0.2) is 24.3 Å². The molecule has 0 aliphatic carbocycles. The van der Waals surface area contributed by atoms with Gasteiger partial charge in [0.1, 0.15) is 5.75 Å². The molecule has 1 aliphatic heterocycles. The van der Waals surface area contributed by atoms with Gasteiger partial charge in [-0.05, 0) is 30.9 Å². The summed E-state index contributed by atoms with van der Waals surface area (Å²) in [7, 11) is 1.58. The number of likely N-dealkylation sites (tertiary alicyclic amines) is 1. The minimum absolute atomic E-state index is 0.157. The van der Waals surface area contributed by atoms with E-state index in [0.29, 0.717) is 11.3 Å². The summed E-state index contributed by atoms with van der Waals surface area (Å²) < 4.78 is 5.07. The fourth-order valence-corrected chi connectivity index (χ4v) is 1.80. The predicted molar refractivity (Wildman–Crippen MR) is 65.9 cm³/mol. The van der Waals surface area contributed by atoms with Gasteiger partial charge in [0.2, 0.25) is 5.78 Å². The van der Waals surface area contributed by atoms with E-state index in [-0.39, 0.29) is 5.78 Å². The molecule has 0 spiro atoms. The van der Waals surface area contributed by atoms with Crippen LogP contribution in [0.1, 0.15) is 23.2 Å². The third-order valence-electron chi connectivity index (χ3n) is 2.77. The molecule has 3 nitrogen and oxygen atoms in total. The molecule has 1 aromatic carbocycles. The van der Waals surface area contributed by atoms with E-state index >= 15 is 0 Å². The average molecular weight is 229 g/mol. The third kappa shape index (κ3) is 3.01. The maximum Gasteiger partial charge on any atom is 0.237 e. The Hall–Kier alpha value is -1.95. The van der Waals surface area contributed by atoms with E-state index in [1.165, 1.54) is 12.8 Å². The number of carbonyl (C=O) groups excluding carboxylic acids is 1. The van der Waals surface area contributed by atoms with Crippen molar-refractivity contribution in [3.8, 4) is 17.7 Å². The number of ketones is 1. The highest BCUT2D eigenvalue weighted by atomic mass is 16.5. The zero-order chi connectivity index (χ0) is 12.1. The topological polar surface area (TPSA) is 29.5 Å². The van der Waals surface area contributed by atoms with E-state index in [0.717, 1.165) is 13.1 Å². The molecule has 1 aliphatic rings. The van der Waals surface area contributed by atoms with Gasteiger partial charge in [0.25, 0.3) is 0 Å². The maximum atomic E-state index is 11.8. The van der Waals surface area contributed by atoms with E-state index in [1.807, 2.05) is 11.0 Å². The molecular weight excluding hydrogens is 214 g/mol. The first kappa shape index (κ1) is 11.5. The van der Waals surface area contributed by atoms with Crippen LogP contribution in [0.2, 0.25) is 0 Å². The van der Waals surface area contributed by atoms with E-state index in [4.69, 9.17) is 4.74 Å². The molecule has 0 amide bonds. The molecule has 0 aromatic heterocycles. The first-order valence-electron chi connectivity index (χ1n) is 5.74. The van der Waals surface area contributed by atoms with Crippen molar-refractivity contribution in [3.05, 3.63) is 29.8 Å². The summed E-state index contributed by atoms with van der Waals surface area (Å²) in [6, 6.07) is 9.98. The molecular formula is C14H15NO2. The van der Waals surface area contributed by atoms with Crippen molar-refractivity contribution < 1.29 is 9.53 Å². The number of nitrogens with zero attached hydrogens (tertiary/aromatic N) is 1. The summed E-state index contributed by atoms with van der Waals surface area (Å²) in [4.78, 5) is 13.8. The standard InChI is InChI=1S/C14H15NO2/c1-17-13-6-4-5-12(11-13)14(16)7-10-15-8-2-3-9-15/h4-6,11H,2-3,8-9H2,1H3. The Morgan fingerprint density at radius 1 is 1.35 bits per heavy atom. The van der Waals surface area contributed by atoms with E-state index in [2.05, 4.69) is 12.0 Å². The Bertz CT molecular complexity index is 465. The van der Waals surface area contributed by atoms with Gasteiger partial charge in [-0.25, -0.2) is 0 Å². The summed E-state index contributed by atoms with van der Waals surface area (Å²) in [6.07, 6.45) is 2.34. The van der Waals surface area contributed by atoms with Crippen LogP contribution in [0.5, 0.6) is 5.75 Å². The highest BCUT2D eigenvalue weighted by molar-refractivity contribution is 6.09. The largest absolute Gasteiger partial charge is 0.497 e. The fourth-order valence-electron chi connectivity index (χ4n) is 1.80. The first-order valence-corrected chi connectivity index (χ1v) is 5.74. The summed E-state index contributed by atoms with van der Waals surface area (Å²) in [5.41, 5.74) is 0.580. The molecule has 1 heterocycles. The third-order valence-corrected chi connectivity index (χ3v) is 2.77. The molecule has 1 fully saturated rings. The lowest BCUT2D eigenvalue weighted by Gasteiger charge is -2.05. The van der Waals surface area contributed by atoms with Crippen LogP contribution in [-0.2, 0) is 0 Å². The molecule has 88 valence electrons. The predicted octanol–water partition coefficient (Wildman–Crippen LogP) is 1.93. The van der Waals surface area contributed by atoms with E-state index in [9.17, 15) is 4.79 Å². The van der Waals surface area contributed by atoms with Gasteiger partial charge in [0.05, 0.1) is 7.11 Å². The quantitative estimate of drug-likeness (QED) is 0.573. The Morgan fingerprint density at radius 2 is 2.12 bits per heavy atom. The summed E-state index contributed by atoms with van der Waals surface area (Å²) in [5.74, 6) is 3.20. The van der Waals surface area contributed by atoms with Gasteiger partial charge < -0.3 is 9.64 Å². The Labute approximate surface area is 101 Å². The van der Waals surface area contributed by atoms with Crippen LogP contribution in [0.25, 0.3) is 0 Å². The first-order chi connectivity index (χ1) is 8.29. The van der Waals surface area contributed by atoms with Crippen molar-refractivity contribution in [2.75, 3.05) is 20.2 Å². The lowest BCUT2D eigenvalue weighted by Crippen LogP contribution is -2.12. The Morgan fingerprint density at radius 3 is 2.82 bits per heavy atom. The minimum Gasteiger partial charge on any atom is -0.497 e. The molecule has 2 rings (SSSR count). The minimum atomic E-state index is -0.157. The van der Waals surface area contributed by atoms with Crippen LogP contribution < -0.4 is 4.74 Å². The summed E-state index contributed by atoms with van der Waals surface area (Å²) in [6.45, 7) is 1.94. The number of methoxy groups -OCH3 is 1. The molecule has 0 N–H and O–H groups in total. The van der Waals surface area contributed by atoms with Crippen LogP contribution in [0.4, 0.5) is 0 Å². The van der Waals surface area contributed by atoms with Gasteiger partial charge in [-0.1, -0.05) is 12.1 Å². The number of hydrogen-bond donors (Lipinski definition) is 0. The van der Waals surface area contributed by atoms with Gasteiger partial charge >= 0.3 is 0 Å². The normalized spacial score (nSPS) is 14.1. The van der Waals surface area contributed by atoms with Gasteiger partial charge in [-0.2, -0.15) is 0 Å². The number of carbonyl (C=O) groups is 1. The number of rotatable bonds is 2. The maximum absolute atomic E-state index is 11.8. The SMILES string of the molecule is COc1cccc(C(=O)C#CN2CCCC2)c1. The Kier molecular flexibility index (Phi) is 3.66. The number of benzene rings is 1. The number of Topliss-reactive ketones (excluding diaryl/α,β-unsaturated/α-hetero) is 1. The molecule has 0 unspecified atom stereocenters. The fraction of sp³-hybridized carbons (Fsp3) is 0.357. The van der Waals surface area contributed by atoms with Crippen molar-refractivity contribution in [1.29, 1.82) is 0 Å². The van der Waals surface area contributed by atoms with Crippen LogP contribution >= 0.6 is 0 Å². The van der Waals surface area contributed by atoms with Gasteiger partial charge in [-0.3, -0.25) is 4.79 Å². The molecule has 0 saturated carbocycles. The van der Waals surface area contributed by atoms with Crippen LogP contribution in [0, 0.1) is 12.0 Å². The van der Waals surface area contributed by atoms with Crippen molar-refractivity contribution in [3.63, 3.8) is 0 Å². The molecule has 0 bridgehead atoms. The second-order valence-corrected chi connectivity index (χ2v) is 3.99. The van der Waals surface area contributed by atoms with Crippen molar-refractivity contribution in [1.82, 2.24) is 4.90 Å². The van der Waals surface area contributed by atoms with Gasteiger partial charge in [0, 0.05) is 24.7 Å². The zero-order valence-corrected chi connectivity index (χ0v) is 9.90. The Balaban J connectivity index is 2.08. The summed E-state index contributed by atoms with van der Waals surface area (Å²) >= 11 is 0. The highest BCUT2D eigenvalue weighted by Crippen LogP contribution is 2.12. The van der Waals surface area contributed by atoms with Crippen molar-refractivity contribution >= 4 is 5.78 Å². The second kappa shape index (κ2) is 5.40. The van der Waals surface area contributed by atoms with Crippen molar-refractivity contribution in [2.24, 2.45) is 0 Å². The molecule has 17 heavy (non-hydrogen) atoms.